The Kier molecular flexibility index (Phi) is 10.9. The smallest absolute Gasteiger partial charge is 0.320 e. The summed E-state index contributed by atoms with van der Waals surface area (Å²) in [6, 6.07) is 9.99. The molecule has 0 bridgehead atoms. The van der Waals surface area contributed by atoms with Gasteiger partial charge in [0.1, 0.15) is 6.04 Å². The Balaban J connectivity index is 0.786. The molecule has 5 saturated heterocycles. The number of hydrogen-bond donors (Lipinski definition) is 3. The van der Waals surface area contributed by atoms with Gasteiger partial charge >= 0.3 is 6.03 Å². The number of carbonyl (C=O) groups is 6. The van der Waals surface area contributed by atoms with Crippen LogP contribution in [0.15, 0.2) is 36.4 Å². The lowest BCUT2D eigenvalue weighted by atomic mass is 10.0. The number of nitrogens with one attached hydrogen (secondary N) is 2. The fraction of sp³-hybridized carbons (Fsp3) is 0.488. The van der Waals surface area contributed by atoms with E-state index in [2.05, 4.69) is 40.5 Å². The lowest BCUT2D eigenvalue weighted by Gasteiger charge is -2.37. The molecular formula is C41H48ClN13O6. The van der Waals surface area contributed by atoms with Gasteiger partial charge in [-0.3, -0.25) is 39.1 Å². The van der Waals surface area contributed by atoms with Crippen LogP contribution in [0.4, 0.5) is 33.6 Å². The maximum Gasteiger partial charge on any atom is 0.320 e. The maximum atomic E-state index is 13.4. The van der Waals surface area contributed by atoms with E-state index in [1.165, 1.54) is 0 Å². The van der Waals surface area contributed by atoms with Gasteiger partial charge < -0.3 is 35.6 Å². The van der Waals surface area contributed by atoms with E-state index in [1.54, 1.807) is 23.1 Å². The number of primary amides is 1. The number of amides is 7. The quantitative estimate of drug-likeness (QED) is 0.248. The SMILES string of the molecule is CN1CCN([C@@H]2CCCN(c3nnc(C(N)=O)c(Nc4ccc(N5CCN(C[C@@H]6CCN(c7ccc8c(c7)C(=O)N(C7CCC(=O)NC7=O)C8=O)C6)CC5)c(Cl)c4)n3)C2)C1=O. The first-order chi connectivity index (χ1) is 29.4. The normalized spacial score (nSPS) is 23.6. The van der Waals surface area contributed by atoms with E-state index in [-0.39, 0.29) is 47.6 Å². The van der Waals surface area contributed by atoms with E-state index < -0.39 is 35.6 Å². The zero-order valence-corrected chi connectivity index (χ0v) is 34.6. The van der Waals surface area contributed by atoms with Crippen molar-refractivity contribution in [3.05, 3.63) is 58.2 Å². The first kappa shape index (κ1) is 40.3. The fourth-order valence-corrected chi connectivity index (χ4v) is 9.79. The number of imide groups is 2. The van der Waals surface area contributed by atoms with Crippen molar-refractivity contribution >= 4 is 76.0 Å². The van der Waals surface area contributed by atoms with Crippen LogP contribution in [0.1, 0.15) is 63.3 Å². The molecule has 61 heavy (non-hydrogen) atoms. The molecule has 0 saturated carbocycles. The van der Waals surface area contributed by atoms with Crippen molar-refractivity contribution in [2.75, 3.05) is 99.1 Å². The van der Waals surface area contributed by atoms with Crippen molar-refractivity contribution in [2.45, 2.75) is 44.2 Å². The number of urea groups is 1. The molecule has 320 valence electrons. The Morgan fingerprint density at radius 3 is 2.39 bits per heavy atom. The Labute approximate surface area is 357 Å². The minimum atomic E-state index is -0.991. The Bertz CT molecular complexity index is 2310. The number of nitrogens with zero attached hydrogens (tertiary/aromatic N) is 10. The van der Waals surface area contributed by atoms with Crippen molar-refractivity contribution in [2.24, 2.45) is 11.7 Å². The summed E-state index contributed by atoms with van der Waals surface area (Å²) in [5, 5.41) is 14.4. The molecule has 4 N–H and O–H groups in total. The predicted octanol–water partition coefficient (Wildman–Crippen LogP) is 1.75. The number of aromatic nitrogens is 3. The van der Waals surface area contributed by atoms with Gasteiger partial charge in [-0.05, 0) is 68.0 Å². The topological polar surface area (TPSA) is 214 Å². The van der Waals surface area contributed by atoms with Crippen molar-refractivity contribution in [1.82, 2.24) is 40.1 Å². The van der Waals surface area contributed by atoms with E-state index in [0.717, 1.165) is 81.4 Å². The first-order valence-corrected chi connectivity index (χ1v) is 21.2. The number of piperidine rings is 2. The third-order valence-electron chi connectivity index (χ3n) is 12.8. The lowest BCUT2D eigenvalue weighted by molar-refractivity contribution is -0.136. The van der Waals surface area contributed by atoms with Gasteiger partial charge in [-0.15, -0.1) is 10.2 Å². The second-order valence-corrected chi connectivity index (χ2v) is 17.1. The Morgan fingerprint density at radius 2 is 1.66 bits per heavy atom. The first-order valence-electron chi connectivity index (χ1n) is 20.9. The summed E-state index contributed by atoms with van der Waals surface area (Å²) < 4.78 is 0. The highest BCUT2D eigenvalue weighted by molar-refractivity contribution is 6.33. The Morgan fingerprint density at radius 1 is 0.852 bits per heavy atom. The minimum absolute atomic E-state index is 0.0236. The summed E-state index contributed by atoms with van der Waals surface area (Å²) in [5.41, 5.74) is 8.53. The van der Waals surface area contributed by atoms with Gasteiger partial charge in [0.15, 0.2) is 11.5 Å². The molecule has 20 heteroatoms. The molecule has 0 spiro atoms. The van der Waals surface area contributed by atoms with E-state index in [1.807, 2.05) is 35.0 Å². The van der Waals surface area contributed by atoms with Crippen LogP contribution in [0.3, 0.4) is 0 Å². The zero-order chi connectivity index (χ0) is 42.5. The van der Waals surface area contributed by atoms with E-state index in [4.69, 9.17) is 17.3 Å². The summed E-state index contributed by atoms with van der Waals surface area (Å²) >= 11 is 6.89. The molecule has 3 aromatic rings. The third kappa shape index (κ3) is 7.87. The molecule has 3 atom stereocenters. The number of halogens is 1. The number of carbonyl (C=O) groups excluding carboxylic acids is 6. The van der Waals surface area contributed by atoms with Crippen LogP contribution in [0, 0.1) is 5.92 Å². The molecular weight excluding hydrogens is 806 g/mol. The van der Waals surface area contributed by atoms with Gasteiger partial charge in [0.25, 0.3) is 17.7 Å². The molecule has 7 heterocycles. The largest absolute Gasteiger partial charge is 0.371 e. The molecule has 6 aliphatic rings. The summed E-state index contributed by atoms with van der Waals surface area (Å²) in [5.74, 6) is -1.85. The molecule has 0 aliphatic carbocycles. The molecule has 9 rings (SSSR count). The van der Waals surface area contributed by atoms with Crippen LogP contribution >= 0.6 is 11.6 Å². The van der Waals surface area contributed by atoms with Crippen molar-refractivity contribution in [3.63, 3.8) is 0 Å². The van der Waals surface area contributed by atoms with E-state index in [9.17, 15) is 28.8 Å². The second-order valence-electron chi connectivity index (χ2n) is 16.7. The molecule has 7 amide bonds. The highest BCUT2D eigenvalue weighted by atomic mass is 35.5. The van der Waals surface area contributed by atoms with Crippen LogP contribution in [0.5, 0.6) is 0 Å². The van der Waals surface area contributed by atoms with E-state index in [0.29, 0.717) is 48.8 Å². The summed E-state index contributed by atoms with van der Waals surface area (Å²) in [6.45, 7) is 8.48. The number of likely N-dealkylation sites (N-methyl/N-ethyl adjacent to an activating group) is 1. The minimum Gasteiger partial charge on any atom is -0.371 e. The van der Waals surface area contributed by atoms with Crippen LogP contribution in [0.2, 0.25) is 5.02 Å². The number of hydrogen-bond acceptors (Lipinski definition) is 14. The average molecular weight is 854 g/mol. The summed E-state index contributed by atoms with van der Waals surface area (Å²) in [6.07, 6.45) is 2.93. The number of benzene rings is 2. The third-order valence-corrected chi connectivity index (χ3v) is 13.1. The van der Waals surface area contributed by atoms with Crippen LogP contribution in [-0.4, -0.2) is 161 Å². The monoisotopic (exact) mass is 853 g/mol. The molecule has 5 fully saturated rings. The van der Waals surface area contributed by atoms with Crippen LogP contribution < -0.4 is 31.1 Å². The molecule has 6 aliphatic heterocycles. The van der Waals surface area contributed by atoms with Gasteiger partial charge in [-0.25, -0.2) is 4.79 Å². The predicted molar refractivity (Wildman–Crippen MR) is 225 cm³/mol. The maximum absolute atomic E-state index is 13.4. The van der Waals surface area contributed by atoms with Crippen LogP contribution in [0.25, 0.3) is 0 Å². The van der Waals surface area contributed by atoms with Crippen LogP contribution in [-0.2, 0) is 9.59 Å². The van der Waals surface area contributed by atoms with Gasteiger partial charge in [0.05, 0.1) is 27.9 Å². The standard InChI is InChI=1S/C41H48ClN13O6/c1-49-13-18-54(41(49)61)27-3-2-11-53(23-27)40-46-36(34(35(43)57)47-48-40)44-25-4-7-31(30(42)19-25)51-16-14-50(15-17-51)21-24-10-12-52(22-24)26-5-6-28-29(20-26)39(60)55(38(28)59)32-8-9-33(56)45-37(32)58/h4-7,19-20,24,27,32H,2-3,8-18,21-23H2,1H3,(H2,43,57)(H,44,46,48)(H,45,56,58)/t24-,27+,32?/m0/s1. The van der Waals surface area contributed by atoms with Gasteiger partial charge in [0.2, 0.25) is 17.8 Å². The van der Waals surface area contributed by atoms with Gasteiger partial charge in [-0.2, -0.15) is 4.98 Å². The summed E-state index contributed by atoms with van der Waals surface area (Å²) in [7, 11) is 1.81. The second kappa shape index (κ2) is 16.4. The lowest BCUT2D eigenvalue weighted by Crippen LogP contribution is -2.54. The molecule has 19 nitrogen and oxygen atoms in total. The number of anilines is 5. The highest BCUT2D eigenvalue weighted by Gasteiger charge is 2.45. The van der Waals surface area contributed by atoms with Gasteiger partial charge in [0, 0.05) is 96.8 Å². The van der Waals surface area contributed by atoms with Gasteiger partial charge in [-0.1, -0.05) is 11.6 Å². The Hall–Kier alpha value is -6.08. The van der Waals surface area contributed by atoms with E-state index >= 15 is 0 Å². The zero-order valence-electron chi connectivity index (χ0n) is 33.9. The summed E-state index contributed by atoms with van der Waals surface area (Å²) in [4.78, 5) is 94.0. The molecule has 1 aromatic heterocycles. The number of piperazine rings is 1. The molecule has 2 aromatic carbocycles. The van der Waals surface area contributed by atoms with Crippen molar-refractivity contribution in [3.8, 4) is 0 Å². The van der Waals surface area contributed by atoms with Crippen molar-refractivity contribution in [1.29, 1.82) is 0 Å². The molecule has 0 radical (unpaired) electrons. The number of rotatable bonds is 10. The molecule has 1 unspecified atom stereocenters. The fourth-order valence-electron chi connectivity index (χ4n) is 9.49. The van der Waals surface area contributed by atoms with Crippen molar-refractivity contribution < 1.29 is 28.8 Å². The number of fused-ring (bicyclic) bond motifs is 1. The highest BCUT2D eigenvalue weighted by Crippen LogP contribution is 2.35. The number of nitrogens with two attached hydrogens (primary N) is 1. The average Bonchev–Trinajstić information content (AvgIpc) is 3.93.